The highest BCUT2D eigenvalue weighted by Gasteiger charge is 2.33. The minimum Gasteiger partial charge on any atom is -0.444 e. The molecule has 0 saturated carbocycles. The summed E-state index contributed by atoms with van der Waals surface area (Å²) in [5, 5.41) is 14.9. The van der Waals surface area contributed by atoms with Crippen molar-refractivity contribution in [2.45, 2.75) is 51.5 Å². The number of aliphatic imine (C=N–C) groups is 1. The van der Waals surface area contributed by atoms with E-state index in [1.54, 1.807) is 6.92 Å². The van der Waals surface area contributed by atoms with Crippen LogP contribution in [-0.2, 0) is 11.2 Å². The minimum absolute atomic E-state index is 0.358. The van der Waals surface area contributed by atoms with E-state index in [4.69, 9.17) is 4.74 Å². The maximum Gasteiger partial charge on any atom is 0.408 e. The van der Waals surface area contributed by atoms with Gasteiger partial charge >= 0.3 is 6.09 Å². The molecule has 140 valence electrons. The second-order valence-electron chi connectivity index (χ2n) is 7.72. The van der Waals surface area contributed by atoms with Gasteiger partial charge in [0.05, 0.1) is 11.1 Å². The first-order valence-electron chi connectivity index (χ1n) is 8.62. The summed E-state index contributed by atoms with van der Waals surface area (Å²) in [6.07, 6.45) is 2.02. The molecule has 6 nitrogen and oxygen atoms in total. The molecule has 0 fully saturated rings. The molecule has 0 aliphatic carbocycles. The number of hydrogen-bond acceptors (Lipinski definition) is 5. The van der Waals surface area contributed by atoms with Gasteiger partial charge in [0.2, 0.25) is 0 Å². The lowest BCUT2D eigenvalue weighted by atomic mass is 10.1. The summed E-state index contributed by atoms with van der Waals surface area (Å²) < 4.78 is 5.40. The number of aliphatic hydroxyl groups is 1. The number of nitrogens with zero attached hydrogens (tertiary/aromatic N) is 1. The van der Waals surface area contributed by atoms with E-state index in [0.717, 1.165) is 16.5 Å². The molecule has 1 aromatic heterocycles. The number of nitrogens with one attached hydrogen (secondary N) is 2. The molecule has 2 heterocycles. The molecule has 1 amide bonds. The molecule has 7 heteroatoms. The van der Waals surface area contributed by atoms with E-state index in [2.05, 4.69) is 15.3 Å². The van der Waals surface area contributed by atoms with Gasteiger partial charge in [-0.15, -0.1) is 11.8 Å². The normalized spacial score (nSPS) is 21.5. The van der Waals surface area contributed by atoms with Crippen LogP contribution in [0.4, 0.5) is 4.79 Å². The van der Waals surface area contributed by atoms with Crippen molar-refractivity contribution >= 4 is 33.8 Å². The van der Waals surface area contributed by atoms with Crippen molar-refractivity contribution in [1.29, 1.82) is 0 Å². The quantitative estimate of drug-likeness (QED) is 0.764. The van der Waals surface area contributed by atoms with E-state index in [1.807, 2.05) is 51.2 Å². The zero-order valence-electron chi connectivity index (χ0n) is 15.5. The van der Waals surface area contributed by atoms with Crippen LogP contribution in [0.3, 0.4) is 0 Å². The van der Waals surface area contributed by atoms with E-state index < -0.39 is 17.4 Å². The van der Waals surface area contributed by atoms with Crippen molar-refractivity contribution in [1.82, 2.24) is 10.3 Å². The summed E-state index contributed by atoms with van der Waals surface area (Å²) in [4.78, 5) is 19.9. The fourth-order valence-corrected chi connectivity index (χ4v) is 3.95. The average molecular weight is 375 g/mol. The van der Waals surface area contributed by atoms with E-state index in [0.29, 0.717) is 17.2 Å². The molecule has 1 aliphatic rings. The van der Waals surface area contributed by atoms with Crippen LogP contribution in [0.25, 0.3) is 10.9 Å². The molecular weight excluding hydrogens is 350 g/mol. The van der Waals surface area contributed by atoms with Crippen molar-refractivity contribution in [3.05, 3.63) is 36.0 Å². The molecule has 2 atom stereocenters. The van der Waals surface area contributed by atoms with Crippen LogP contribution in [-0.4, -0.2) is 44.3 Å². The Morgan fingerprint density at radius 3 is 2.85 bits per heavy atom. The lowest BCUT2D eigenvalue weighted by molar-refractivity contribution is 0.0517. The second-order valence-corrected chi connectivity index (χ2v) is 8.71. The Morgan fingerprint density at radius 1 is 1.46 bits per heavy atom. The first-order valence-corrected chi connectivity index (χ1v) is 9.61. The highest BCUT2D eigenvalue weighted by atomic mass is 32.2. The van der Waals surface area contributed by atoms with Crippen LogP contribution in [0.5, 0.6) is 0 Å². The van der Waals surface area contributed by atoms with Gasteiger partial charge in [-0.05, 0) is 39.3 Å². The fourth-order valence-electron chi connectivity index (χ4n) is 2.86. The Hall–Kier alpha value is -1.99. The summed E-state index contributed by atoms with van der Waals surface area (Å²) in [6.45, 7) is 7.15. The third-order valence-corrected chi connectivity index (χ3v) is 5.30. The number of alkyl carbamates (subject to hydrolysis) is 1. The third-order valence-electron chi connectivity index (χ3n) is 3.93. The van der Waals surface area contributed by atoms with E-state index in [9.17, 15) is 9.90 Å². The molecule has 3 rings (SSSR count). The number of fused-ring (bicyclic) bond motifs is 1. The maximum atomic E-state index is 12.3. The van der Waals surface area contributed by atoms with Crippen LogP contribution in [0, 0.1) is 0 Å². The first kappa shape index (κ1) is 18.8. The van der Waals surface area contributed by atoms with E-state index in [1.165, 1.54) is 11.8 Å². The molecule has 3 N–H and O–H groups in total. The number of hydrogen-bond donors (Lipinski definition) is 3. The number of carbonyl (C=O) groups is 1. The van der Waals surface area contributed by atoms with Gasteiger partial charge in [0.25, 0.3) is 0 Å². The van der Waals surface area contributed by atoms with Crippen molar-refractivity contribution in [3.63, 3.8) is 0 Å². The first-order chi connectivity index (χ1) is 12.1. The van der Waals surface area contributed by atoms with Crippen LogP contribution in [0.1, 0.15) is 33.3 Å². The fraction of sp³-hybridized carbons (Fsp3) is 0.474. The molecule has 0 spiro atoms. The lowest BCUT2D eigenvalue weighted by Gasteiger charge is -2.23. The number of aromatic amines is 1. The van der Waals surface area contributed by atoms with E-state index in [-0.39, 0.29) is 6.04 Å². The van der Waals surface area contributed by atoms with Crippen molar-refractivity contribution in [3.8, 4) is 0 Å². The van der Waals surface area contributed by atoms with Gasteiger partial charge in [0.1, 0.15) is 5.60 Å². The SMILES string of the molecule is CC1(O)CSC([C@@H](Cc2c[nH]c3ccccc23)NC(=O)OC(C)(C)C)=N1. The molecular formula is C19H25N3O3S. The summed E-state index contributed by atoms with van der Waals surface area (Å²) in [5.74, 6) is 0.475. The van der Waals surface area contributed by atoms with Gasteiger partial charge < -0.3 is 20.1 Å². The van der Waals surface area contributed by atoms with Crippen LogP contribution >= 0.6 is 11.8 Å². The number of H-pyrrole nitrogens is 1. The molecule has 0 radical (unpaired) electrons. The van der Waals surface area contributed by atoms with Gasteiger partial charge in [-0.2, -0.15) is 0 Å². The van der Waals surface area contributed by atoms with Crippen LogP contribution in [0.15, 0.2) is 35.5 Å². The van der Waals surface area contributed by atoms with Crippen molar-refractivity contribution in [2.75, 3.05) is 5.75 Å². The largest absolute Gasteiger partial charge is 0.444 e. The second kappa shape index (κ2) is 6.96. The maximum absolute atomic E-state index is 12.3. The molecule has 1 aliphatic heterocycles. The molecule has 1 aromatic carbocycles. The van der Waals surface area contributed by atoms with E-state index >= 15 is 0 Å². The van der Waals surface area contributed by atoms with Gasteiger partial charge in [0.15, 0.2) is 5.72 Å². The summed E-state index contributed by atoms with van der Waals surface area (Å²) in [6, 6.07) is 7.67. The number of amides is 1. The average Bonchev–Trinajstić information content (AvgIpc) is 3.08. The zero-order chi connectivity index (χ0) is 18.9. The summed E-state index contributed by atoms with van der Waals surface area (Å²) >= 11 is 1.46. The topological polar surface area (TPSA) is 86.7 Å². The molecule has 0 saturated heterocycles. The number of benzene rings is 1. The highest BCUT2D eigenvalue weighted by molar-refractivity contribution is 8.14. The number of carbonyl (C=O) groups excluding carboxylic acids is 1. The van der Waals surface area contributed by atoms with Gasteiger partial charge in [-0.1, -0.05) is 18.2 Å². The van der Waals surface area contributed by atoms with Gasteiger partial charge in [-0.3, -0.25) is 0 Å². The van der Waals surface area contributed by atoms with Crippen LogP contribution in [0.2, 0.25) is 0 Å². The lowest BCUT2D eigenvalue weighted by Crippen LogP contribution is -2.43. The van der Waals surface area contributed by atoms with Crippen LogP contribution < -0.4 is 5.32 Å². The number of aromatic nitrogens is 1. The molecule has 2 aromatic rings. The predicted molar refractivity (Wildman–Crippen MR) is 106 cm³/mol. The standard InChI is InChI=1S/C19H25N3O3S/c1-18(2,3)25-17(23)21-15(16-22-19(4,24)11-26-16)9-12-10-20-14-8-6-5-7-13(12)14/h5-8,10,15,20,24H,9,11H2,1-4H3,(H,21,23)/t15-,19?/m1/s1. The third kappa shape index (κ3) is 4.59. The summed E-state index contributed by atoms with van der Waals surface area (Å²) in [7, 11) is 0. The minimum atomic E-state index is -1.10. The smallest absolute Gasteiger partial charge is 0.408 e. The number of rotatable bonds is 4. The Bertz CT molecular complexity index is 836. The van der Waals surface area contributed by atoms with Crippen molar-refractivity contribution in [2.24, 2.45) is 4.99 Å². The zero-order valence-corrected chi connectivity index (χ0v) is 16.3. The highest BCUT2D eigenvalue weighted by Crippen LogP contribution is 2.29. The van der Waals surface area contributed by atoms with Crippen molar-refractivity contribution < 1.29 is 14.6 Å². The van der Waals surface area contributed by atoms with Gasteiger partial charge in [-0.25, -0.2) is 9.79 Å². The number of thioether (sulfide) groups is 1. The molecule has 26 heavy (non-hydrogen) atoms. The summed E-state index contributed by atoms with van der Waals surface area (Å²) in [5.41, 5.74) is 0.447. The Kier molecular flexibility index (Phi) is 5.03. The van der Waals surface area contributed by atoms with Gasteiger partial charge in [0, 0.05) is 29.3 Å². The number of ether oxygens (including phenoxy) is 1. The Balaban J connectivity index is 1.84. The predicted octanol–water partition coefficient (Wildman–Crippen LogP) is 3.46. The monoisotopic (exact) mass is 375 g/mol. The molecule has 0 bridgehead atoms. The number of para-hydroxylation sites is 1. The molecule has 1 unspecified atom stereocenters. The Morgan fingerprint density at radius 2 is 2.19 bits per heavy atom. The Labute approximate surface area is 157 Å².